The molecule has 0 aliphatic heterocycles. The van der Waals surface area contributed by atoms with Gasteiger partial charge in [0.15, 0.2) is 9.84 Å². The maximum atomic E-state index is 14.2. The van der Waals surface area contributed by atoms with E-state index in [1.165, 1.54) is 0 Å². The van der Waals surface area contributed by atoms with E-state index in [1.807, 2.05) is 61.5 Å². The first-order valence-corrected chi connectivity index (χ1v) is 15.8. The molecule has 198 valence electrons. The van der Waals surface area contributed by atoms with Crippen LogP contribution in [-0.4, -0.2) is 14.2 Å². The third kappa shape index (κ3) is 7.57. The highest BCUT2D eigenvalue weighted by molar-refractivity contribution is 7.90. The molecule has 1 unspecified atom stereocenters. The molecule has 0 amide bonds. The molecule has 8 heteroatoms. The van der Waals surface area contributed by atoms with Crippen molar-refractivity contribution in [3.8, 4) is 11.5 Å². The zero-order valence-corrected chi connectivity index (χ0v) is 23.0. The highest BCUT2D eigenvalue weighted by Gasteiger charge is 2.38. The van der Waals surface area contributed by atoms with E-state index in [0.29, 0.717) is 24.5 Å². The van der Waals surface area contributed by atoms with Crippen LogP contribution in [-0.2, 0) is 26.7 Å². The van der Waals surface area contributed by atoms with Crippen LogP contribution in [0.25, 0.3) is 0 Å². The minimum atomic E-state index is -3.71. The van der Waals surface area contributed by atoms with Crippen LogP contribution in [0.2, 0.25) is 0 Å². The van der Waals surface area contributed by atoms with Gasteiger partial charge in [-0.15, -0.1) is 0 Å². The average Bonchev–Trinajstić information content (AvgIpc) is 2.92. The summed E-state index contributed by atoms with van der Waals surface area (Å²) in [5.41, 5.74) is 1.60. The van der Waals surface area contributed by atoms with Crippen molar-refractivity contribution in [1.29, 1.82) is 0 Å². The van der Waals surface area contributed by atoms with Crippen LogP contribution in [0, 0.1) is 0 Å². The molecule has 4 aromatic carbocycles. The summed E-state index contributed by atoms with van der Waals surface area (Å²) < 4.78 is 52.0. The Hall–Kier alpha value is -3.38. The van der Waals surface area contributed by atoms with Gasteiger partial charge < -0.3 is 9.05 Å². The Morgan fingerprint density at radius 2 is 1.21 bits per heavy atom. The Balaban J connectivity index is 1.50. The third-order valence-corrected chi connectivity index (χ3v) is 9.76. The molecule has 0 spiro atoms. The zero-order valence-electron chi connectivity index (χ0n) is 21.3. The second-order valence-corrected chi connectivity index (χ2v) is 13.0. The van der Waals surface area contributed by atoms with Crippen molar-refractivity contribution < 1.29 is 22.0 Å². The molecule has 0 aliphatic carbocycles. The summed E-state index contributed by atoms with van der Waals surface area (Å²) in [4.78, 5) is 0.265. The van der Waals surface area contributed by atoms with Gasteiger partial charge in [0, 0.05) is 6.54 Å². The lowest BCUT2D eigenvalue weighted by Gasteiger charge is -2.28. The van der Waals surface area contributed by atoms with Crippen molar-refractivity contribution in [3.63, 3.8) is 0 Å². The van der Waals surface area contributed by atoms with Crippen molar-refractivity contribution in [1.82, 2.24) is 5.32 Å². The first-order chi connectivity index (χ1) is 18.4. The molecule has 6 nitrogen and oxygen atoms in total. The van der Waals surface area contributed by atoms with E-state index in [0.717, 1.165) is 17.5 Å². The lowest BCUT2D eigenvalue weighted by molar-refractivity contribution is 0.353. The second kappa shape index (κ2) is 12.9. The molecular weight excluding hydrogens is 517 g/mol. The Morgan fingerprint density at radius 1 is 0.711 bits per heavy atom. The van der Waals surface area contributed by atoms with Gasteiger partial charge in [0.1, 0.15) is 17.3 Å². The van der Waals surface area contributed by atoms with Gasteiger partial charge in [0.25, 0.3) is 0 Å². The number of hydrogen-bond acceptors (Lipinski definition) is 6. The summed E-state index contributed by atoms with van der Waals surface area (Å²) in [6.07, 6.45) is 1.31. The Labute approximate surface area is 225 Å². The topological polar surface area (TPSA) is 81.7 Å². The smallest absolute Gasteiger partial charge is 0.415 e. The molecule has 38 heavy (non-hydrogen) atoms. The molecule has 0 fully saturated rings. The Morgan fingerprint density at radius 3 is 1.71 bits per heavy atom. The second-order valence-electron chi connectivity index (χ2n) is 8.92. The fraction of sp³-hybridized carbons (Fsp3) is 0.200. The fourth-order valence-electron chi connectivity index (χ4n) is 3.98. The average molecular weight is 550 g/mol. The normalized spacial score (nSPS) is 12.6. The van der Waals surface area contributed by atoms with Crippen LogP contribution >= 0.6 is 7.60 Å². The number of nitrogens with one attached hydrogen (secondary N) is 1. The van der Waals surface area contributed by atoms with Crippen LogP contribution in [0.3, 0.4) is 0 Å². The van der Waals surface area contributed by atoms with Gasteiger partial charge in [0.2, 0.25) is 0 Å². The van der Waals surface area contributed by atoms with Gasteiger partial charge in [-0.2, -0.15) is 0 Å². The van der Waals surface area contributed by atoms with Gasteiger partial charge in [-0.25, -0.2) is 13.0 Å². The van der Waals surface area contributed by atoms with E-state index >= 15 is 0 Å². The molecule has 0 aliphatic rings. The Kier molecular flexibility index (Phi) is 9.40. The largest absolute Gasteiger partial charge is 0.447 e. The number of benzene rings is 4. The number of para-hydroxylation sites is 2. The van der Waals surface area contributed by atoms with Crippen LogP contribution < -0.4 is 14.4 Å². The SMILES string of the molecule is CCCC(NCc1ccc(S(=O)(=O)Cc2ccccc2)cc1)P(=O)(Oc1ccccc1)Oc1ccccc1. The maximum Gasteiger partial charge on any atom is 0.447 e. The highest BCUT2D eigenvalue weighted by atomic mass is 32.2. The first kappa shape index (κ1) is 27.6. The minimum Gasteiger partial charge on any atom is -0.415 e. The predicted molar refractivity (Wildman–Crippen MR) is 151 cm³/mol. The van der Waals surface area contributed by atoms with E-state index in [4.69, 9.17) is 9.05 Å². The molecule has 4 rings (SSSR count). The first-order valence-electron chi connectivity index (χ1n) is 12.6. The molecule has 0 bridgehead atoms. The van der Waals surface area contributed by atoms with Gasteiger partial charge >= 0.3 is 7.60 Å². The standard InChI is InChI=1S/C30H32NO5PS/c1-2-12-30(37(32,35-27-15-8-4-9-16-27)36-28-17-10-5-11-18-28)31-23-25-19-21-29(22-20-25)38(33,34)24-26-13-6-3-7-14-26/h3-11,13-22,30-31H,2,12,23-24H2,1H3. The van der Waals surface area contributed by atoms with Gasteiger partial charge in [0.05, 0.1) is 10.6 Å². The maximum absolute atomic E-state index is 14.2. The quantitative estimate of drug-likeness (QED) is 0.177. The fourth-order valence-corrected chi connectivity index (χ4v) is 7.34. The molecule has 4 aromatic rings. The van der Waals surface area contributed by atoms with Gasteiger partial charge in [-0.1, -0.05) is 92.2 Å². The number of sulfone groups is 1. The van der Waals surface area contributed by atoms with Crippen LogP contribution in [0.4, 0.5) is 0 Å². The summed E-state index contributed by atoms with van der Waals surface area (Å²) in [5.74, 6) is 0.278. The van der Waals surface area contributed by atoms with Crippen LogP contribution in [0.15, 0.2) is 120 Å². The molecule has 0 saturated carbocycles. The third-order valence-electron chi connectivity index (χ3n) is 5.92. The van der Waals surface area contributed by atoms with Crippen molar-refractivity contribution in [3.05, 3.63) is 126 Å². The molecular formula is C30H32NO5PS. The predicted octanol–water partition coefficient (Wildman–Crippen LogP) is 7.23. The summed E-state index contributed by atoms with van der Waals surface area (Å²) in [5, 5.41) is 3.35. The van der Waals surface area contributed by atoms with Gasteiger partial charge in [-0.05, 0) is 53.9 Å². The van der Waals surface area contributed by atoms with Crippen molar-refractivity contribution >= 4 is 17.4 Å². The molecule has 1 N–H and O–H groups in total. The van der Waals surface area contributed by atoms with Crippen LogP contribution in [0.5, 0.6) is 11.5 Å². The minimum absolute atomic E-state index is 0.0547. The summed E-state index contributed by atoms with van der Waals surface area (Å²) in [6, 6.07) is 33.9. The Bertz CT molecular complexity index is 1390. The van der Waals surface area contributed by atoms with Gasteiger partial charge in [-0.3, -0.25) is 5.32 Å². The van der Waals surface area contributed by atoms with E-state index in [2.05, 4.69) is 5.32 Å². The molecule has 0 saturated heterocycles. The van der Waals surface area contributed by atoms with Crippen LogP contribution in [0.1, 0.15) is 30.9 Å². The molecule has 1 atom stereocenters. The summed E-state index contributed by atoms with van der Waals surface area (Å²) in [7, 11) is -7.18. The highest BCUT2D eigenvalue weighted by Crippen LogP contribution is 2.53. The van der Waals surface area contributed by atoms with E-state index in [-0.39, 0.29) is 10.6 Å². The molecule has 0 heterocycles. The van der Waals surface area contributed by atoms with E-state index < -0.39 is 23.2 Å². The summed E-state index contributed by atoms with van der Waals surface area (Å²) in [6.45, 7) is 2.38. The molecule has 0 aromatic heterocycles. The number of hydrogen-bond donors (Lipinski definition) is 1. The van der Waals surface area contributed by atoms with Crippen molar-refractivity contribution in [2.45, 2.75) is 42.7 Å². The zero-order chi connectivity index (χ0) is 26.8. The van der Waals surface area contributed by atoms with E-state index in [1.54, 1.807) is 60.7 Å². The lowest BCUT2D eigenvalue weighted by Crippen LogP contribution is -2.32. The molecule has 0 radical (unpaired) electrons. The lowest BCUT2D eigenvalue weighted by atomic mass is 10.2. The monoisotopic (exact) mass is 549 g/mol. The van der Waals surface area contributed by atoms with Crippen molar-refractivity contribution in [2.75, 3.05) is 0 Å². The number of rotatable bonds is 13. The summed E-state index contributed by atoms with van der Waals surface area (Å²) >= 11 is 0. The van der Waals surface area contributed by atoms with Crippen molar-refractivity contribution in [2.24, 2.45) is 0 Å². The van der Waals surface area contributed by atoms with E-state index in [9.17, 15) is 13.0 Å².